The minimum absolute atomic E-state index is 0.0454. The molecule has 1 amide bonds. The highest BCUT2D eigenvalue weighted by Crippen LogP contribution is 2.40. The van der Waals surface area contributed by atoms with Crippen molar-refractivity contribution in [2.75, 3.05) is 0 Å². The number of nitrogens with zero attached hydrogens (tertiary/aromatic N) is 2. The second kappa shape index (κ2) is 9.89. The van der Waals surface area contributed by atoms with Crippen LogP contribution in [-0.4, -0.2) is 36.1 Å². The molecule has 36 heavy (non-hydrogen) atoms. The first-order valence-electron chi connectivity index (χ1n) is 11.0. The van der Waals surface area contributed by atoms with E-state index < -0.39 is 15.3 Å². The number of aryl methyl sites for hydroxylation is 1. The van der Waals surface area contributed by atoms with Crippen molar-refractivity contribution in [3.8, 4) is 0 Å². The van der Waals surface area contributed by atoms with E-state index in [4.69, 9.17) is 11.6 Å². The van der Waals surface area contributed by atoms with Crippen LogP contribution < -0.4 is 4.40 Å². The number of carbonyl (C=O) groups excluding carboxylic acids is 1. The summed E-state index contributed by atoms with van der Waals surface area (Å²) in [5, 5.41) is -0.148. The summed E-state index contributed by atoms with van der Waals surface area (Å²) in [6, 6.07) is 22.0. The van der Waals surface area contributed by atoms with Crippen LogP contribution in [0.2, 0.25) is 5.02 Å². The molecule has 182 valence electrons. The summed E-state index contributed by atoms with van der Waals surface area (Å²) >= 11 is 11.9. The summed E-state index contributed by atoms with van der Waals surface area (Å²) in [7, 11) is -4.12. The van der Waals surface area contributed by atoms with Crippen LogP contribution in [0.5, 0.6) is 0 Å². The summed E-state index contributed by atoms with van der Waals surface area (Å²) < 4.78 is 29.4. The molecule has 0 saturated carbocycles. The van der Waals surface area contributed by atoms with Gasteiger partial charge in [0.15, 0.2) is 5.25 Å². The fourth-order valence-corrected chi connectivity index (χ4v) is 7.06. The van der Waals surface area contributed by atoms with Gasteiger partial charge in [-0.3, -0.25) is 4.79 Å². The second-order valence-corrected chi connectivity index (χ2v) is 12.0. The number of sulfonamides is 1. The quantitative estimate of drug-likeness (QED) is 0.471. The van der Waals surface area contributed by atoms with Crippen molar-refractivity contribution >= 4 is 68.5 Å². The second-order valence-electron chi connectivity index (χ2n) is 8.32. The fourth-order valence-electron chi connectivity index (χ4n) is 3.91. The topological polar surface area (TPSA) is 80.8 Å². The van der Waals surface area contributed by atoms with Crippen molar-refractivity contribution < 1.29 is 17.6 Å². The smallest absolute Gasteiger partial charge is 0.254 e. The maximum Gasteiger partial charge on any atom is 0.410 e. The van der Waals surface area contributed by atoms with Crippen LogP contribution in [0.15, 0.2) is 93.7 Å². The predicted molar refractivity (Wildman–Crippen MR) is 147 cm³/mol. The molecular weight excluding hydrogens is 534 g/mol. The van der Waals surface area contributed by atoms with E-state index in [0.717, 1.165) is 16.0 Å². The molecule has 0 fully saturated rings. The van der Waals surface area contributed by atoms with Gasteiger partial charge in [-0.2, -0.15) is 17.7 Å². The summed E-state index contributed by atoms with van der Waals surface area (Å²) in [5.41, 5.74) is 2.91. The number of benzene rings is 3. The van der Waals surface area contributed by atoms with Crippen LogP contribution in [0.1, 0.15) is 16.7 Å². The maximum atomic E-state index is 13.7. The highest BCUT2D eigenvalue weighted by atomic mass is 35.5. The number of hydrogen-bond donors (Lipinski definition) is 2. The summed E-state index contributed by atoms with van der Waals surface area (Å²) in [6.07, 6.45) is 1.84. The van der Waals surface area contributed by atoms with Gasteiger partial charge in [0.25, 0.3) is 0 Å². The molecule has 3 aromatic rings. The third-order valence-electron chi connectivity index (χ3n) is 5.77. The molecule has 2 heterocycles. The van der Waals surface area contributed by atoms with Crippen molar-refractivity contribution in [1.82, 2.24) is 4.90 Å². The van der Waals surface area contributed by atoms with E-state index in [1.807, 2.05) is 66.7 Å². The lowest BCUT2D eigenvalue weighted by Crippen LogP contribution is -2.80. The molecule has 0 aromatic heterocycles. The molecule has 0 saturated heterocycles. The van der Waals surface area contributed by atoms with E-state index in [-0.39, 0.29) is 28.2 Å². The van der Waals surface area contributed by atoms with Crippen molar-refractivity contribution in [3.63, 3.8) is 0 Å². The van der Waals surface area contributed by atoms with Gasteiger partial charge in [0.2, 0.25) is 0 Å². The fraction of sp³-hybridized carbons (Fsp3) is 0.115. The van der Waals surface area contributed by atoms with Gasteiger partial charge in [-0.05, 0) is 41.8 Å². The van der Waals surface area contributed by atoms with Crippen molar-refractivity contribution in [3.05, 3.63) is 101 Å². The van der Waals surface area contributed by atoms with E-state index >= 15 is 0 Å². The number of aliphatic imine (C=N–C) groups is 1. The van der Waals surface area contributed by atoms with Crippen LogP contribution in [0.4, 0.5) is 0 Å². The number of halogens is 1. The van der Waals surface area contributed by atoms with Gasteiger partial charge in [-0.15, -0.1) is 24.4 Å². The summed E-state index contributed by atoms with van der Waals surface area (Å²) in [4.78, 5) is 20.8. The first-order chi connectivity index (χ1) is 17.2. The molecule has 0 aliphatic carbocycles. The van der Waals surface area contributed by atoms with Crippen LogP contribution in [0, 0.1) is 6.92 Å². The highest BCUT2D eigenvalue weighted by molar-refractivity contribution is 8.10. The Hall–Kier alpha value is -2.85. The largest absolute Gasteiger partial charge is 0.410 e. The van der Waals surface area contributed by atoms with Gasteiger partial charge < -0.3 is 0 Å². The van der Waals surface area contributed by atoms with Gasteiger partial charge >= 0.3 is 21.9 Å². The zero-order valence-corrected chi connectivity index (χ0v) is 22.3. The minimum atomic E-state index is -4.12. The molecule has 0 radical (unpaired) electrons. The Morgan fingerprint density at radius 2 is 1.75 bits per heavy atom. The van der Waals surface area contributed by atoms with Gasteiger partial charge in [-0.25, -0.2) is 0 Å². The normalized spacial score (nSPS) is 18.8. The third kappa shape index (κ3) is 4.88. The average Bonchev–Trinajstić information content (AvgIpc) is 3.29. The van der Waals surface area contributed by atoms with Crippen LogP contribution in [0.25, 0.3) is 4.91 Å². The van der Waals surface area contributed by atoms with Crippen molar-refractivity contribution in [2.45, 2.75) is 28.5 Å². The Morgan fingerprint density at radius 1 is 1.08 bits per heavy atom. The molecule has 0 bridgehead atoms. The molecule has 0 spiro atoms. The lowest BCUT2D eigenvalue weighted by Gasteiger charge is -2.22. The lowest BCUT2D eigenvalue weighted by atomic mass is 10.1. The van der Waals surface area contributed by atoms with Gasteiger partial charge in [-0.1, -0.05) is 77.3 Å². The summed E-state index contributed by atoms with van der Waals surface area (Å²) in [5.74, 6) is -0.297. The van der Waals surface area contributed by atoms with Crippen molar-refractivity contribution in [2.24, 2.45) is 4.99 Å². The van der Waals surface area contributed by atoms with Gasteiger partial charge in [0.1, 0.15) is 17.2 Å². The molecular formula is C26H21ClN3O3S3+. The number of nitrogens with one attached hydrogen (secondary N) is 1. The zero-order chi connectivity index (χ0) is 25.4. The van der Waals surface area contributed by atoms with Crippen LogP contribution in [-0.2, 0) is 21.4 Å². The standard InChI is InChI=1S/C26H20ClN3O3S3/c1-16-12-23(21(34)13-19(16)27)36(32,33)29-26-28-20-14-22(18-10-6-3-7-11-18)35-24(20)25(31)30(26)15-17-8-4-2-5-9-17/h2-14,24,34H,15H2,1H3/p+1/b29-26-. The number of rotatable bonds is 5. The van der Waals surface area contributed by atoms with Gasteiger partial charge in [0.05, 0.1) is 0 Å². The van der Waals surface area contributed by atoms with E-state index in [2.05, 4.69) is 22.0 Å². The molecule has 1 unspecified atom stereocenters. The number of amides is 1. The monoisotopic (exact) mass is 554 g/mol. The molecule has 5 rings (SSSR count). The number of guanidine groups is 1. The molecule has 2 aliphatic rings. The average molecular weight is 555 g/mol. The Bertz CT molecular complexity index is 1550. The van der Waals surface area contributed by atoms with Crippen molar-refractivity contribution in [1.29, 1.82) is 0 Å². The van der Waals surface area contributed by atoms with Gasteiger partial charge in [0, 0.05) is 14.8 Å². The van der Waals surface area contributed by atoms with E-state index in [1.165, 1.54) is 28.8 Å². The predicted octanol–water partition coefficient (Wildman–Crippen LogP) is 3.70. The first-order valence-corrected chi connectivity index (χ1v) is 14.2. The van der Waals surface area contributed by atoms with Crippen LogP contribution in [0.3, 0.4) is 0 Å². The molecule has 3 aromatic carbocycles. The maximum absolute atomic E-state index is 13.7. The Labute approximate surface area is 224 Å². The number of thioether (sulfide) groups is 1. The SMILES string of the molecule is Cc1cc(S(=O)(=O)/[NH+]=C2/N=C3C=C(c4ccccc4)SC3C(=O)N2Cc2ccccc2)c(S)cc1Cl. The van der Waals surface area contributed by atoms with E-state index in [1.54, 1.807) is 6.92 Å². The zero-order valence-electron chi connectivity index (χ0n) is 19.1. The Balaban J connectivity index is 1.61. The van der Waals surface area contributed by atoms with E-state index in [0.29, 0.717) is 16.3 Å². The molecule has 1 atom stereocenters. The minimum Gasteiger partial charge on any atom is -0.254 e. The molecule has 2 aliphatic heterocycles. The lowest BCUT2D eigenvalue weighted by molar-refractivity contribution is -0.278. The number of fused-ring (bicyclic) bond motifs is 1. The Morgan fingerprint density at radius 3 is 2.44 bits per heavy atom. The third-order valence-corrected chi connectivity index (χ3v) is 9.35. The number of carbonyl (C=O) groups is 1. The Kier molecular flexibility index (Phi) is 6.82. The molecule has 6 nitrogen and oxygen atoms in total. The molecule has 10 heteroatoms. The van der Waals surface area contributed by atoms with Crippen LogP contribution >= 0.6 is 36.0 Å². The first kappa shape index (κ1) is 24.8. The molecule has 1 N–H and O–H groups in total. The summed E-state index contributed by atoms with van der Waals surface area (Å²) in [6.45, 7) is 1.88. The highest BCUT2D eigenvalue weighted by Gasteiger charge is 2.46. The number of thiol groups is 1. The number of hydrogen-bond acceptors (Lipinski definition) is 5. The number of allylic oxidation sites excluding steroid dienone is 1. The van der Waals surface area contributed by atoms with E-state index in [9.17, 15) is 13.2 Å².